The second-order valence-electron chi connectivity index (χ2n) is 9.47. The van der Waals surface area contributed by atoms with E-state index in [0.717, 1.165) is 10.6 Å². The monoisotopic (exact) mass is 479 g/mol. The van der Waals surface area contributed by atoms with E-state index >= 15 is 0 Å². The minimum atomic E-state index is -0.806. The van der Waals surface area contributed by atoms with Crippen LogP contribution in [0.1, 0.15) is 60.4 Å². The average Bonchev–Trinajstić information content (AvgIpc) is 3.17. The molecular weight excluding hydrogens is 450 g/mol. The fourth-order valence-electron chi connectivity index (χ4n) is 3.55. The number of benzene rings is 2. The molecule has 0 bridgehead atoms. The van der Waals surface area contributed by atoms with Crippen LogP contribution in [0.15, 0.2) is 48.5 Å². The van der Waals surface area contributed by atoms with Crippen molar-refractivity contribution in [2.45, 2.75) is 39.5 Å². The Morgan fingerprint density at radius 1 is 1.03 bits per heavy atom. The summed E-state index contributed by atoms with van der Waals surface area (Å²) in [5, 5.41) is 3.65. The minimum absolute atomic E-state index is 0.0498. The molecule has 35 heavy (non-hydrogen) atoms. The predicted molar refractivity (Wildman–Crippen MR) is 128 cm³/mol. The lowest BCUT2D eigenvalue weighted by atomic mass is 9.87. The van der Waals surface area contributed by atoms with Gasteiger partial charge in [0.1, 0.15) is 0 Å². The second-order valence-corrected chi connectivity index (χ2v) is 9.47. The summed E-state index contributed by atoms with van der Waals surface area (Å²) in [6.45, 7) is 7.03. The second kappa shape index (κ2) is 10.5. The lowest BCUT2D eigenvalue weighted by molar-refractivity contribution is -0.151. The predicted octanol–water partition coefficient (Wildman–Crippen LogP) is 2.86. The molecule has 0 spiro atoms. The van der Waals surface area contributed by atoms with E-state index in [0.29, 0.717) is 16.8 Å². The van der Waals surface area contributed by atoms with Crippen LogP contribution >= 0.6 is 0 Å². The number of ketones is 1. The number of carbonyl (C=O) groups excluding carboxylic acids is 5. The third-order valence-corrected chi connectivity index (χ3v) is 5.61. The highest BCUT2D eigenvalue weighted by Crippen LogP contribution is 2.23. The van der Waals surface area contributed by atoms with Gasteiger partial charge in [-0.25, -0.2) is 0 Å². The SMILES string of the molecule is CC(=O)c1cccc(NC(=O)COC(=O)[C@H]2CC(=O)N(NC(=O)c3ccc(C(C)(C)C)cc3)C2)c1. The summed E-state index contributed by atoms with van der Waals surface area (Å²) in [6, 6.07) is 13.5. The Kier molecular flexibility index (Phi) is 7.68. The van der Waals surface area contributed by atoms with Gasteiger partial charge in [0.2, 0.25) is 5.91 Å². The Hall–Kier alpha value is -4.01. The summed E-state index contributed by atoms with van der Waals surface area (Å²) in [6.07, 6.45) is -0.135. The Balaban J connectivity index is 1.49. The highest BCUT2D eigenvalue weighted by atomic mass is 16.5. The summed E-state index contributed by atoms with van der Waals surface area (Å²) < 4.78 is 5.06. The molecule has 2 N–H and O–H groups in total. The number of esters is 1. The molecule has 1 atom stereocenters. The Morgan fingerprint density at radius 2 is 1.71 bits per heavy atom. The van der Waals surface area contributed by atoms with Gasteiger partial charge in [-0.3, -0.25) is 34.4 Å². The van der Waals surface area contributed by atoms with E-state index in [-0.39, 0.29) is 24.2 Å². The molecule has 3 rings (SSSR count). The number of hydrazine groups is 1. The van der Waals surface area contributed by atoms with Crippen LogP contribution in [0.5, 0.6) is 0 Å². The number of rotatable bonds is 7. The number of hydrogen-bond donors (Lipinski definition) is 2. The molecule has 9 heteroatoms. The van der Waals surface area contributed by atoms with Crippen molar-refractivity contribution >= 4 is 35.2 Å². The largest absolute Gasteiger partial charge is 0.455 e. The number of amides is 3. The van der Waals surface area contributed by atoms with Crippen LogP contribution in [0, 0.1) is 5.92 Å². The molecule has 2 aromatic rings. The van der Waals surface area contributed by atoms with E-state index in [2.05, 4.69) is 31.5 Å². The van der Waals surface area contributed by atoms with Gasteiger partial charge in [0.05, 0.1) is 12.5 Å². The van der Waals surface area contributed by atoms with Crippen LogP contribution in [-0.2, 0) is 24.5 Å². The average molecular weight is 480 g/mol. The summed E-state index contributed by atoms with van der Waals surface area (Å²) in [5.74, 6) is -3.11. The summed E-state index contributed by atoms with van der Waals surface area (Å²) >= 11 is 0. The molecule has 3 amide bonds. The number of nitrogens with zero attached hydrogens (tertiary/aromatic N) is 1. The van der Waals surface area contributed by atoms with Crippen LogP contribution < -0.4 is 10.7 Å². The number of ether oxygens (including phenoxy) is 1. The zero-order valence-corrected chi connectivity index (χ0v) is 20.2. The third kappa shape index (κ3) is 6.75. The van der Waals surface area contributed by atoms with E-state index in [4.69, 9.17) is 4.74 Å². The van der Waals surface area contributed by atoms with Crippen molar-refractivity contribution in [1.29, 1.82) is 0 Å². The highest BCUT2D eigenvalue weighted by Gasteiger charge is 2.36. The number of hydrogen-bond acceptors (Lipinski definition) is 6. The molecule has 9 nitrogen and oxygen atoms in total. The summed E-state index contributed by atoms with van der Waals surface area (Å²) in [7, 11) is 0. The molecule has 1 saturated heterocycles. The highest BCUT2D eigenvalue weighted by molar-refractivity contribution is 5.98. The Bertz CT molecular complexity index is 1150. The van der Waals surface area contributed by atoms with Gasteiger partial charge in [0.15, 0.2) is 12.4 Å². The first-order valence-electron chi connectivity index (χ1n) is 11.2. The molecule has 1 heterocycles. The zero-order valence-electron chi connectivity index (χ0n) is 20.2. The van der Waals surface area contributed by atoms with Crippen molar-refractivity contribution in [2.24, 2.45) is 5.92 Å². The van der Waals surface area contributed by atoms with Gasteiger partial charge in [0.25, 0.3) is 11.8 Å². The molecule has 184 valence electrons. The molecule has 1 aliphatic rings. The van der Waals surface area contributed by atoms with Crippen LogP contribution in [0.3, 0.4) is 0 Å². The topological polar surface area (TPSA) is 122 Å². The van der Waals surface area contributed by atoms with Crippen molar-refractivity contribution < 1.29 is 28.7 Å². The molecule has 1 aliphatic heterocycles. The van der Waals surface area contributed by atoms with E-state index in [9.17, 15) is 24.0 Å². The standard InChI is InChI=1S/C26H29N3O6/c1-16(30)18-6-5-7-21(12-18)27-22(31)15-35-25(34)19-13-23(32)29(14-19)28-24(33)17-8-10-20(11-9-17)26(2,3)4/h5-12,19H,13-15H2,1-4H3,(H,27,31)(H,28,33)/t19-/m0/s1. The van der Waals surface area contributed by atoms with Gasteiger partial charge < -0.3 is 10.1 Å². The fraction of sp³-hybridized carbons (Fsp3) is 0.346. The molecule has 0 aromatic heterocycles. The van der Waals surface area contributed by atoms with Gasteiger partial charge in [0, 0.05) is 23.2 Å². The number of nitrogens with one attached hydrogen (secondary N) is 2. The number of anilines is 1. The first-order valence-corrected chi connectivity index (χ1v) is 11.2. The van der Waals surface area contributed by atoms with E-state index in [1.807, 2.05) is 12.1 Å². The molecule has 0 radical (unpaired) electrons. The van der Waals surface area contributed by atoms with Crippen LogP contribution in [-0.4, -0.2) is 47.6 Å². The normalized spacial score (nSPS) is 15.5. The van der Waals surface area contributed by atoms with Crippen LogP contribution in [0.4, 0.5) is 5.69 Å². The number of carbonyl (C=O) groups is 5. The Labute approximate surface area is 203 Å². The number of Topliss-reactive ketones (excluding diaryl/α,β-unsaturated/α-hetero) is 1. The summed E-state index contributed by atoms with van der Waals surface area (Å²) in [5.41, 5.74) is 4.79. The van der Waals surface area contributed by atoms with Crippen LogP contribution in [0.25, 0.3) is 0 Å². The van der Waals surface area contributed by atoms with Crippen LogP contribution in [0.2, 0.25) is 0 Å². The summed E-state index contributed by atoms with van der Waals surface area (Å²) in [4.78, 5) is 60.8. The first-order chi connectivity index (χ1) is 16.4. The lowest BCUT2D eigenvalue weighted by Gasteiger charge is -2.20. The van der Waals surface area contributed by atoms with Gasteiger partial charge in [-0.2, -0.15) is 0 Å². The molecular formula is C26H29N3O6. The Morgan fingerprint density at radius 3 is 2.34 bits per heavy atom. The molecule has 0 unspecified atom stereocenters. The van der Waals surface area contributed by atoms with Gasteiger partial charge in [-0.1, -0.05) is 45.0 Å². The van der Waals surface area contributed by atoms with Gasteiger partial charge >= 0.3 is 5.97 Å². The smallest absolute Gasteiger partial charge is 0.311 e. The molecule has 0 saturated carbocycles. The van der Waals surface area contributed by atoms with Crippen molar-refractivity contribution in [1.82, 2.24) is 10.4 Å². The van der Waals surface area contributed by atoms with E-state index in [1.165, 1.54) is 13.0 Å². The molecule has 1 fully saturated rings. The zero-order chi connectivity index (χ0) is 25.8. The van der Waals surface area contributed by atoms with E-state index in [1.54, 1.807) is 30.3 Å². The van der Waals surface area contributed by atoms with Crippen molar-refractivity contribution in [2.75, 3.05) is 18.5 Å². The van der Waals surface area contributed by atoms with E-state index < -0.39 is 36.2 Å². The fourth-order valence-corrected chi connectivity index (χ4v) is 3.55. The maximum Gasteiger partial charge on any atom is 0.311 e. The quantitative estimate of drug-likeness (QED) is 0.465. The third-order valence-electron chi connectivity index (χ3n) is 5.61. The maximum atomic E-state index is 12.5. The lowest BCUT2D eigenvalue weighted by Crippen LogP contribution is -2.43. The van der Waals surface area contributed by atoms with Gasteiger partial charge in [-0.15, -0.1) is 0 Å². The minimum Gasteiger partial charge on any atom is -0.455 e. The van der Waals surface area contributed by atoms with Crippen molar-refractivity contribution in [3.8, 4) is 0 Å². The first kappa shape index (κ1) is 25.6. The van der Waals surface area contributed by atoms with Gasteiger partial charge in [-0.05, 0) is 42.2 Å². The maximum absolute atomic E-state index is 12.5. The molecule has 2 aromatic carbocycles. The van der Waals surface area contributed by atoms with Crippen molar-refractivity contribution in [3.05, 3.63) is 65.2 Å². The van der Waals surface area contributed by atoms with Crippen molar-refractivity contribution in [3.63, 3.8) is 0 Å². The molecule has 0 aliphatic carbocycles.